The first-order valence-corrected chi connectivity index (χ1v) is 12.7. The zero-order chi connectivity index (χ0) is 24.6. The highest BCUT2D eigenvalue weighted by atomic mass is 16.6. The molecule has 6 nitrogen and oxygen atoms in total. The van der Waals surface area contributed by atoms with Crippen molar-refractivity contribution in [3.63, 3.8) is 0 Å². The SMILES string of the molecule is CC(C)(OC(=O)/C=C/c1ccc(/C=C/C(=O)OC(C)(C)C2CC[NH2+]CC2)cc1)C1CC[NH2+]CC1. The van der Waals surface area contributed by atoms with Crippen LogP contribution in [0.2, 0.25) is 0 Å². The molecule has 3 rings (SSSR count). The third-order valence-corrected chi connectivity index (χ3v) is 7.33. The summed E-state index contributed by atoms with van der Waals surface area (Å²) in [6, 6.07) is 7.66. The summed E-state index contributed by atoms with van der Waals surface area (Å²) in [6.07, 6.45) is 10.8. The van der Waals surface area contributed by atoms with Gasteiger partial charge in [0.05, 0.1) is 26.2 Å². The average Bonchev–Trinajstić information content (AvgIpc) is 2.83. The minimum Gasteiger partial charge on any atom is -0.456 e. The van der Waals surface area contributed by atoms with Crippen LogP contribution in [0.15, 0.2) is 36.4 Å². The second-order valence-corrected chi connectivity index (χ2v) is 10.7. The highest BCUT2D eigenvalue weighted by molar-refractivity contribution is 5.88. The van der Waals surface area contributed by atoms with Crippen molar-refractivity contribution < 1.29 is 29.7 Å². The summed E-state index contributed by atoms with van der Waals surface area (Å²) in [5.41, 5.74) is 0.889. The summed E-state index contributed by atoms with van der Waals surface area (Å²) in [6.45, 7) is 12.4. The van der Waals surface area contributed by atoms with E-state index in [2.05, 4.69) is 10.6 Å². The molecule has 0 spiro atoms. The summed E-state index contributed by atoms with van der Waals surface area (Å²) < 4.78 is 11.5. The molecule has 186 valence electrons. The van der Waals surface area contributed by atoms with E-state index in [-0.39, 0.29) is 11.9 Å². The standard InChI is InChI=1S/C28H40N2O4/c1-27(2,23-13-17-29-18-14-23)33-25(31)11-9-21-5-7-22(8-6-21)10-12-26(32)34-28(3,4)24-15-19-30-20-16-24/h5-12,23-24,29-30H,13-20H2,1-4H3/p+2/b11-9+,12-10+. The lowest BCUT2D eigenvalue weighted by molar-refractivity contribution is -0.666. The smallest absolute Gasteiger partial charge is 0.331 e. The van der Waals surface area contributed by atoms with Crippen molar-refractivity contribution in [1.29, 1.82) is 0 Å². The van der Waals surface area contributed by atoms with E-state index < -0.39 is 11.2 Å². The van der Waals surface area contributed by atoms with E-state index in [1.54, 1.807) is 12.2 Å². The topological polar surface area (TPSA) is 85.8 Å². The summed E-state index contributed by atoms with van der Waals surface area (Å²) in [7, 11) is 0. The van der Waals surface area contributed by atoms with Gasteiger partial charge in [-0.15, -0.1) is 0 Å². The number of piperidine rings is 2. The lowest BCUT2D eigenvalue weighted by atomic mass is 9.83. The Bertz CT molecular complexity index is 801. The Morgan fingerprint density at radius 3 is 1.35 bits per heavy atom. The Morgan fingerprint density at radius 2 is 1.03 bits per heavy atom. The molecule has 34 heavy (non-hydrogen) atoms. The summed E-state index contributed by atoms with van der Waals surface area (Å²) in [5, 5.41) is 4.63. The number of nitrogens with two attached hydrogens (primary N) is 2. The molecule has 2 aliphatic heterocycles. The maximum Gasteiger partial charge on any atom is 0.331 e. The fourth-order valence-corrected chi connectivity index (χ4v) is 5.04. The van der Waals surface area contributed by atoms with Crippen LogP contribution in [-0.2, 0) is 19.1 Å². The normalized spacial score (nSPS) is 18.9. The van der Waals surface area contributed by atoms with Gasteiger partial charge in [0.1, 0.15) is 11.2 Å². The summed E-state index contributed by atoms with van der Waals surface area (Å²) in [4.78, 5) is 24.7. The maximum atomic E-state index is 12.4. The molecular formula is C28H42N2O4+2. The molecule has 2 heterocycles. The van der Waals surface area contributed by atoms with Gasteiger partial charge in [-0.25, -0.2) is 9.59 Å². The molecule has 2 fully saturated rings. The van der Waals surface area contributed by atoms with Gasteiger partial charge in [0.15, 0.2) is 0 Å². The molecule has 0 saturated carbocycles. The fraction of sp³-hybridized carbons (Fsp3) is 0.571. The largest absolute Gasteiger partial charge is 0.456 e. The van der Waals surface area contributed by atoms with Crippen LogP contribution in [0, 0.1) is 11.8 Å². The van der Waals surface area contributed by atoms with Gasteiger partial charge in [-0.05, 0) is 51.0 Å². The van der Waals surface area contributed by atoms with Crippen molar-refractivity contribution in [3.05, 3.63) is 47.5 Å². The molecule has 1 aromatic rings. The van der Waals surface area contributed by atoms with E-state index in [4.69, 9.17) is 9.47 Å². The van der Waals surface area contributed by atoms with E-state index >= 15 is 0 Å². The zero-order valence-corrected chi connectivity index (χ0v) is 21.2. The van der Waals surface area contributed by atoms with Gasteiger partial charge in [0.2, 0.25) is 0 Å². The Labute approximate surface area is 204 Å². The van der Waals surface area contributed by atoms with E-state index in [0.717, 1.165) is 63.0 Å². The molecule has 0 radical (unpaired) electrons. The Morgan fingerprint density at radius 1 is 0.706 bits per heavy atom. The second kappa shape index (κ2) is 11.8. The van der Waals surface area contributed by atoms with Gasteiger partial charge in [0.25, 0.3) is 0 Å². The minimum absolute atomic E-state index is 0.315. The monoisotopic (exact) mass is 470 g/mol. The maximum absolute atomic E-state index is 12.4. The number of carbonyl (C=O) groups excluding carboxylic acids is 2. The van der Waals surface area contributed by atoms with Gasteiger partial charge >= 0.3 is 11.9 Å². The van der Waals surface area contributed by atoms with Crippen LogP contribution in [0.25, 0.3) is 12.2 Å². The molecule has 6 heteroatoms. The molecule has 0 aliphatic carbocycles. The Kier molecular flexibility index (Phi) is 9.09. The van der Waals surface area contributed by atoms with Gasteiger partial charge in [-0.2, -0.15) is 0 Å². The van der Waals surface area contributed by atoms with Gasteiger partial charge in [0, 0.05) is 49.7 Å². The van der Waals surface area contributed by atoms with Crippen molar-refractivity contribution in [2.75, 3.05) is 26.2 Å². The molecular weight excluding hydrogens is 428 g/mol. The van der Waals surface area contributed by atoms with Crippen LogP contribution >= 0.6 is 0 Å². The van der Waals surface area contributed by atoms with Crippen molar-refractivity contribution in [2.24, 2.45) is 11.8 Å². The van der Waals surface area contributed by atoms with Gasteiger partial charge < -0.3 is 20.1 Å². The van der Waals surface area contributed by atoms with Crippen LogP contribution in [0.4, 0.5) is 0 Å². The molecule has 0 aromatic heterocycles. The number of rotatable bonds is 8. The first kappa shape index (κ1) is 26.2. The highest BCUT2D eigenvalue weighted by Crippen LogP contribution is 2.29. The van der Waals surface area contributed by atoms with E-state index in [9.17, 15) is 9.59 Å². The fourth-order valence-electron chi connectivity index (χ4n) is 5.04. The second-order valence-electron chi connectivity index (χ2n) is 10.7. The lowest BCUT2D eigenvalue weighted by Gasteiger charge is -2.35. The number of hydrogen-bond donors (Lipinski definition) is 2. The Hall–Kier alpha value is -2.44. The van der Waals surface area contributed by atoms with Crippen LogP contribution in [0.1, 0.15) is 64.5 Å². The van der Waals surface area contributed by atoms with Crippen molar-refractivity contribution >= 4 is 24.1 Å². The predicted octanol–water partition coefficient (Wildman–Crippen LogP) is 2.30. The van der Waals surface area contributed by atoms with Crippen LogP contribution in [0.5, 0.6) is 0 Å². The van der Waals surface area contributed by atoms with Gasteiger partial charge in [-0.3, -0.25) is 0 Å². The number of carbonyl (C=O) groups is 2. The van der Waals surface area contributed by atoms with Crippen LogP contribution in [0.3, 0.4) is 0 Å². The molecule has 2 saturated heterocycles. The van der Waals surface area contributed by atoms with Crippen LogP contribution in [-0.4, -0.2) is 49.3 Å². The molecule has 4 N–H and O–H groups in total. The van der Waals surface area contributed by atoms with Crippen molar-refractivity contribution in [1.82, 2.24) is 0 Å². The lowest BCUT2D eigenvalue weighted by Crippen LogP contribution is -2.86. The van der Waals surface area contributed by atoms with Crippen LogP contribution < -0.4 is 10.6 Å². The third kappa shape index (κ3) is 7.81. The van der Waals surface area contributed by atoms with Crippen molar-refractivity contribution in [2.45, 2.75) is 64.6 Å². The van der Waals surface area contributed by atoms with E-state index in [0.29, 0.717) is 11.8 Å². The minimum atomic E-state index is -0.455. The predicted molar refractivity (Wildman–Crippen MR) is 134 cm³/mol. The average molecular weight is 471 g/mol. The Balaban J connectivity index is 1.49. The zero-order valence-electron chi connectivity index (χ0n) is 21.2. The third-order valence-electron chi connectivity index (χ3n) is 7.33. The van der Waals surface area contributed by atoms with Gasteiger partial charge in [-0.1, -0.05) is 24.3 Å². The molecule has 0 amide bonds. The first-order chi connectivity index (χ1) is 16.2. The highest BCUT2D eigenvalue weighted by Gasteiger charge is 2.35. The van der Waals surface area contributed by atoms with E-state index in [1.165, 1.54) is 12.2 Å². The van der Waals surface area contributed by atoms with Crippen molar-refractivity contribution in [3.8, 4) is 0 Å². The summed E-state index contributed by atoms with van der Waals surface area (Å²) >= 11 is 0. The molecule has 1 aromatic carbocycles. The van der Waals surface area contributed by atoms with E-state index in [1.807, 2.05) is 52.0 Å². The number of quaternary nitrogens is 2. The molecule has 0 bridgehead atoms. The number of benzene rings is 1. The quantitative estimate of drug-likeness (QED) is 0.451. The number of esters is 2. The molecule has 2 aliphatic rings. The first-order valence-electron chi connectivity index (χ1n) is 12.7. The number of hydrogen-bond acceptors (Lipinski definition) is 4. The summed E-state index contributed by atoms with van der Waals surface area (Å²) in [5.74, 6) is 0.174. The molecule has 0 atom stereocenters. The number of ether oxygens (including phenoxy) is 2. The molecule has 0 unspecified atom stereocenters.